The molecule has 1 fully saturated rings. The van der Waals surface area contributed by atoms with Crippen LogP contribution in [0, 0.1) is 12.8 Å². The second kappa shape index (κ2) is 6.58. The van der Waals surface area contributed by atoms with Crippen LogP contribution in [-0.4, -0.2) is 48.7 Å². The number of rotatable bonds is 3. The largest absolute Gasteiger partial charge is 0.337 e. The van der Waals surface area contributed by atoms with E-state index in [4.69, 9.17) is 0 Å². The van der Waals surface area contributed by atoms with Gasteiger partial charge in [-0.2, -0.15) is 14.6 Å². The van der Waals surface area contributed by atoms with E-state index in [1.807, 2.05) is 17.9 Å². The molecule has 2 aromatic heterocycles. The molecule has 0 N–H and O–H groups in total. The molecule has 25 heavy (non-hydrogen) atoms. The van der Waals surface area contributed by atoms with Crippen molar-refractivity contribution in [3.63, 3.8) is 0 Å². The highest BCUT2D eigenvalue weighted by Crippen LogP contribution is 2.23. The number of fused-ring (bicyclic) bond motifs is 1. The number of benzene rings is 1. The SMILES string of the molecule is Cc1c(C(=O)N2CCC(Cc3ccccc3)CC2)nnc2ncnn12. The first-order valence-corrected chi connectivity index (χ1v) is 8.58. The van der Waals surface area contributed by atoms with Crippen molar-refractivity contribution >= 4 is 11.7 Å². The highest BCUT2D eigenvalue weighted by atomic mass is 16.2. The zero-order valence-corrected chi connectivity index (χ0v) is 14.2. The van der Waals surface area contributed by atoms with Crippen molar-refractivity contribution in [1.29, 1.82) is 0 Å². The lowest BCUT2D eigenvalue weighted by Gasteiger charge is -2.32. The minimum Gasteiger partial charge on any atom is -0.337 e. The fourth-order valence-corrected chi connectivity index (χ4v) is 3.44. The molecule has 0 aliphatic carbocycles. The predicted molar refractivity (Wildman–Crippen MR) is 92.1 cm³/mol. The van der Waals surface area contributed by atoms with Gasteiger partial charge >= 0.3 is 0 Å². The monoisotopic (exact) mass is 336 g/mol. The number of aryl methyl sites for hydroxylation is 1. The van der Waals surface area contributed by atoms with Crippen LogP contribution >= 0.6 is 0 Å². The molecule has 1 saturated heterocycles. The number of aromatic nitrogens is 5. The maximum Gasteiger partial charge on any atom is 0.276 e. The van der Waals surface area contributed by atoms with Gasteiger partial charge in [0.25, 0.3) is 11.7 Å². The van der Waals surface area contributed by atoms with Gasteiger partial charge < -0.3 is 4.90 Å². The average Bonchev–Trinajstić information content (AvgIpc) is 3.13. The molecule has 0 spiro atoms. The first-order chi connectivity index (χ1) is 12.2. The summed E-state index contributed by atoms with van der Waals surface area (Å²) in [6, 6.07) is 10.5. The van der Waals surface area contributed by atoms with E-state index in [-0.39, 0.29) is 5.91 Å². The van der Waals surface area contributed by atoms with E-state index in [0.29, 0.717) is 23.1 Å². The number of carbonyl (C=O) groups is 1. The van der Waals surface area contributed by atoms with Crippen LogP contribution in [0.5, 0.6) is 0 Å². The molecular formula is C18H20N6O. The molecule has 128 valence electrons. The predicted octanol–water partition coefficient (Wildman–Crippen LogP) is 1.92. The number of piperidine rings is 1. The minimum atomic E-state index is -0.0689. The Hall–Kier alpha value is -2.83. The molecular weight excluding hydrogens is 316 g/mol. The van der Waals surface area contributed by atoms with E-state index in [2.05, 4.69) is 44.5 Å². The van der Waals surface area contributed by atoms with Crippen LogP contribution in [0.4, 0.5) is 0 Å². The molecule has 3 heterocycles. The van der Waals surface area contributed by atoms with Crippen LogP contribution in [0.15, 0.2) is 36.7 Å². The van der Waals surface area contributed by atoms with Crippen LogP contribution < -0.4 is 0 Å². The van der Waals surface area contributed by atoms with Gasteiger partial charge in [-0.1, -0.05) is 30.3 Å². The number of amides is 1. The van der Waals surface area contributed by atoms with Crippen LogP contribution in [0.2, 0.25) is 0 Å². The highest BCUT2D eigenvalue weighted by molar-refractivity contribution is 5.93. The second-order valence-electron chi connectivity index (χ2n) is 6.53. The van der Waals surface area contributed by atoms with Gasteiger partial charge in [0.2, 0.25) is 0 Å². The standard InChI is InChI=1S/C18H20N6O/c1-13-16(21-22-18-19-12-20-24(13)18)17(25)23-9-7-15(8-10-23)11-14-5-3-2-4-6-14/h2-6,12,15H,7-11H2,1H3. The van der Waals surface area contributed by atoms with Crippen molar-refractivity contribution in [1.82, 2.24) is 29.7 Å². The molecule has 1 aromatic carbocycles. The van der Waals surface area contributed by atoms with Crippen LogP contribution in [0.3, 0.4) is 0 Å². The Labute approximate surface area is 145 Å². The van der Waals surface area contributed by atoms with Gasteiger partial charge in [-0.15, -0.1) is 10.2 Å². The summed E-state index contributed by atoms with van der Waals surface area (Å²) in [5.74, 6) is 0.965. The molecule has 7 heteroatoms. The quantitative estimate of drug-likeness (QED) is 0.730. The van der Waals surface area contributed by atoms with E-state index >= 15 is 0 Å². The zero-order chi connectivity index (χ0) is 17.2. The summed E-state index contributed by atoms with van der Waals surface area (Å²) in [7, 11) is 0. The maximum atomic E-state index is 12.8. The van der Waals surface area contributed by atoms with Gasteiger partial charge in [0, 0.05) is 13.1 Å². The summed E-state index contributed by atoms with van der Waals surface area (Å²) in [4.78, 5) is 18.7. The number of likely N-dealkylation sites (tertiary alicyclic amines) is 1. The number of hydrogen-bond donors (Lipinski definition) is 0. The number of hydrogen-bond acceptors (Lipinski definition) is 5. The fraction of sp³-hybridized carbons (Fsp3) is 0.389. The Morgan fingerprint density at radius 3 is 2.68 bits per heavy atom. The van der Waals surface area contributed by atoms with Crippen molar-refractivity contribution in [2.24, 2.45) is 5.92 Å². The van der Waals surface area contributed by atoms with Gasteiger partial charge in [0.15, 0.2) is 5.69 Å². The maximum absolute atomic E-state index is 12.8. The lowest BCUT2D eigenvalue weighted by atomic mass is 9.90. The normalized spacial score (nSPS) is 15.6. The van der Waals surface area contributed by atoms with Crippen molar-refractivity contribution in [3.8, 4) is 0 Å². The third-order valence-corrected chi connectivity index (χ3v) is 4.90. The van der Waals surface area contributed by atoms with E-state index in [1.54, 1.807) is 4.52 Å². The summed E-state index contributed by atoms with van der Waals surface area (Å²) in [6.45, 7) is 3.34. The minimum absolute atomic E-state index is 0.0689. The lowest BCUT2D eigenvalue weighted by Crippen LogP contribution is -2.40. The van der Waals surface area contributed by atoms with E-state index in [9.17, 15) is 4.79 Å². The Kier molecular flexibility index (Phi) is 4.13. The lowest BCUT2D eigenvalue weighted by molar-refractivity contribution is 0.0681. The molecule has 0 radical (unpaired) electrons. The van der Waals surface area contributed by atoms with Crippen molar-refractivity contribution in [2.75, 3.05) is 13.1 Å². The van der Waals surface area contributed by atoms with Gasteiger partial charge in [-0.25, -0.2) is 0 Å². The van der Waals surface area contributed by atoms with Crippen molar-refractivity contribution in [3.05, 3.63) is 53.6 Å². The molecule has 1 aliphatic rings. The smallest absolute Gasteiger partial charge is 0.276 e. The van der Waals surface area contributed by atoms with Crippen LogP contribution in [0.25, 0.3) is 5.78 Å². The van der Waals surface area contributed by atoms with Gasteiger partial charge in [0.05, 0.1) is 5.69 Å². The molecule has 0 unspecified atom stereocenters. The van der Waals surface area contributed by atoms with E-state index in [0.717, 1.165) is 32.4 Å². The van der Waals surface area contributed by atoms with Crippen LogP contribution in [-0.2, 0) is 6.42 Å². The Bertz CT molecular complexity index is 883. The van der Waals surface area contributed by atoms with Gasteiger partial charge in [-0.3, -0.25) is 4.79 Å². The zero-order valence-electron chi connectivity index (χ0n) is 14.2. The third-order valence-electron chi connectivity index (χ3n) is 4.90. The Morgan fingerprint density at radius 2 is 1.92 bits per heavy atom. The topological polar surface area (TPSA) is 76.3 Å². The molecule has 3 aromatic rings. The van der Waals surface area contributed by atoms with Gasteiger partial charge in [0.1, 0.15) is 6.33 Å². The van der Waals surface area contributed by atoms with Gasteiger partial charge in [-0.05, 0) is 37.7 Å². The summed E-state index contributed by atoms with van der Waals surface area (Å²) in [5.41, 5.74) is 2.41. The summed E-state index contributed by atoms with van der Waals surface area (Å²) in [6.07, 6.45) is 4.52. The molecule has 1 amide bonds. The van der Waals surface area contributed by atoms with E-state index in [1.165, 1.54) is 11.9 Å². The average molecular weight is 336 g/mol. The number of nitrogens with zero attached hydrogens (tertiary/aromatic N) is 6. The Morgan fingerprint density at radius 1 is 1.16 bits per heavy atom. The molecule has 4 rings (SSSR count). The van der Waals surface area contributed by atoms with Crippen molar-refractivity contribution in [2.45, 2.75) is 26.2 Å². The Balaban J connectivity index is 1.43. The molecule has 0 atom stereocenters. The van der Waals surface area contributed by atoms with Crippen LogP contribution in [0.1, 0.15) is 34.6 Å². The summed E-state index contributed by atoms with van der Waals surface area (Å²) in [5, 5.41) is 12.2. The summed E-state index contributed by atoms with van der Waals surface area (Å²) >= 11 is 0. The molecule has 0 saturated carbocycles. The summed E-state index contributed by atoms with van der Waals surface area (Å²) < 4.78 is 1.56. The molecule has 7 nitrogen and oxygen atoms in total. The second-order valence-corrected chi connectivity index (χ2v) is 6.53. The first kappa shape index (κ1) is 15.7. The van der Waals surface area contributed by atoms with Crippen molar-refractivity contribution < 1.29 is 4.79 Å². The fourth-order valence-electron chi connectivity index (χ4n) is 3.44. The molecule has 1 aliphatic heterocycles. The first-order valence-electron chi connectivity index (χ1n) is 8.58. The number of carbonyl (C=O) groups excluding carboxylic acids is 1. The third kappa shape index (κ3) is 3.09. The highest BCUT2D eigenvalue weighted by Gasteiger charge is 2.26. The molecule has 0 bridgehead atoms. The van der Waals surface area contributed by atoms with E-state index < -0.39 is 0 Å².